The molecule has 0 amide bonds. The molecule has 0 heterocycles. The van der Waals surface area contributed by atoms with E-state index in [4.69, 9.17) is 10.7 Å². The highest BCUT2D eigenvalue weighted by atomic mass is 35.7. The van der Waals surface area contributed by atoms with Gasteiger partial charge in [-0.05, 0) is 18.3 Å². The maximum atomic E-state index is 10.5. The normalized spacial score (nSPS) is 32.2. The molecule has 0 N–H and O–H groups in total. The first-order chi connectivity index (χ1) is 4.53. The van der Waals surface area contributed by atoms with E-state index in [9.17, 15) is 8.42 Å². The van der Waals surface area contributed by atoms with E-state index in [1.54, 1.807) is 0 Å². The summed E-state index contributed by atoms with van der Waals surface area (Å²) in [4.78, 5) is 0. The third-order valence-corrected chi connectivity index (χ3v) is 3.21. The molecule has 1 rings (SSSR count). The van der Waals surface area contributed by atoms with E-state index in [0.717, 1.165) is 12.8 Å². The van der Waals surface area contributed by atoms with Crippen LogP contribution in [-0.4, -0.2) is 14.2 Å². The number of halogens is 1. The monoisotopic (exact) mass is 182 g/mol. The summed E-state index contributed by atoms with van der Waals surface area (Å²) in [6, 6.07) is 0. The van der Waals surface area contributed by atoms with Gasteiger partial charge in [-0.1, -0.05) is 13.3 Å². The van der Waals surface area contributed by atoms with Gasteiger partial charge < -0.3 is 0 Å². The summed E-state index contributed by atoms with van der Waals surface area (Å²) in [5.74, 6) is 1.15. The Morgan fingerprint density at radius 2 is 2.10 bits per heavy atom. The summed E-state index contributed by atoms with van der Waals surface area (Å²) in [5.41, 5.74) is 0. The Morgan fingerprint density at radius 3 is 2.40 bits per heavy atom. The molecule has 60 valence electrons. The van der Waals surface area contributed by atoms with Crippen molar-refractivity contribution < 1.29 is 8.42 Å². The zero-order valence-electron chi connectivity index (χ0n) is 5.88. The summed E-state index contributed by atoms with van der Waals surface area (Å²) in [5, 5.41) is 0. The highest BCUT2D eigenvalue weighted by Gasteiger charge is 2.37. The molecule has 0 aromatic carbocycles. The summed E-state index contributed by atoms with van der Waals surface area (Å²) in [7, 11) is 1.83. The Labute approximate surface area is 66.0 Å². The van der Waals surface area contributed by atoms with E-state index in [-0.39, 0.29) is 5.75 Å². The molecular formula is C6H11ClO2S. The van der Waals surface area contributed by atoms with Gasteiger partial charge in [0.05, 0.1) is 5.75 Å². The molecule has 0 saturated heterocycles. The Hall–Kier alpha value is 0.240. The lowest BCUT2D eigenvalue weighted by atomic mass is 10.3. The lowest BCUT2D eigenvalue weighted by molar-refractivity contribution is 0.601. The third kappa shape index (κ3) is 2.46. The molecule has 10 heavy (non-hydrogen) atoms. The van der Waals surface area contributed by atoms with Crippen molar-refractivity contribution in [2.75, 3.05) is 5.75 Å². The van der Waals surface area contributed by atoms with Gasteiger partial charge in [0.15, 0.2) is 0 Å². The second-order valence-electron chi connectivity index (χ2n) is 2.87. The smallest absolute Gasteiger partial charge is 0.212 e. The summed E-state index contributed by atoms with van der Waals surface area (Å²) in [6.07, 6.45) is 2.12. The highest BCUT2D eigenvalue weighted by Crippen LogP contribution is 2.42. The van der Waals surface area contributed by atoms with Crippen molar-refractivity contribution >= 4 is 19.7 Å². The molecule has 0 aliphatic heterocycles. The topological polar surface area (TPSA) is 34.1 Å². The Bertz CT molecular complexity index is 210. The maximum Gasteiger partial charge on any atom is 0.232 e. The molecule has 0 aromatic heterocycles. The van der Waals surface area contributed by atoms with Crippen molar-refractivity contribution in [3.05, 3.63) is 0 Å². The average molecular weight is 183 g/mol. The first kappa shape index (κ1) is 8.34. The molecule has 2 atom stereocenters. The largest absolute Gasteiger partial charge is 0.232 e. The molecule has 0 aromatic rings. The molecule has 2 nitrogen and oxygen atoms in total. The van der Waals surface area contributed by atoms with Crippen LogP contribution < -0.4 is 0 Å². The lowest BCUT2D eigenvalue weighted by Gasteiger charge is -1.91. The number of hydrogen-bond donors (Lipinski definition) is 0. The molecule has 0 spiro atoms. The highest BCUT2D eigenvalue weighted by molar-refractivity contribution is 8.13. The molecule has 1 saturated carbocycles. The average Bonchev–Trinajstić information content (AvgIpc) is 2.42. The quantitative estimate of drug-likeness (QED) is 0.622. The fourth-order valence-corrected chi connectivity index (χ4v) is 2.68. The zero-order chi connectivity index (χ0) is 7.78. The van der Waals surface area contributed by atoms with Crippen molar-refractivity contribution in [3.63, 3.8) is 0 Å². The Kier molecular flexibility index (Phi) is 2.25. The minimum Gasteiger partial charge on any atom is -0.212 e. The minimum absolute atomic E-state index is 0.174. The molecule has 4 heteroatoms. The van der Waals surface area contributed by atoms with Crippen LogP contribution in [0.5, 0.6) is 0 Å². The van der Waals surface area contributed by atoms with Crippen LogP contribution in [0.4, 0.5) is 0 Å². The minimum atomic E-state index is -3.23. The van der Waals surface area contributed by atoms with Crippen molar-refractivity contribution in [1.82, 2.24) is 0 Å². The van der Waals surface area contributed by atoms with Gasteiger partial charge in [-0.25, -0.2) is 8.42 Å². The van der Waals surface area contributed by atoms with Crippen LogP contribution in [0.25, 0.3) is 0 Å². The van der Waals surface area contributed by atoms with Crippen LogP contribution in [0.15, 0.2) is 0 Å². The molecule has 0 radical (unpaired) electrons. The third-order valence-electron chi connectivity index (χ3n) is 2.01. The summed E-state index contributed by atoms with van der Waals surface area (Å²) in [6.45, 7) is 2.07. The van der Waals surface area contributed by atoms with E-state index >= 15 is 0 Å². The van der Waals surface area contributed by atoms with Crippen molar-refractivity contribution in [3.8, 4) is 0 Å². The van der Waals surface area contributed by atoms with E-state index < -0.39 is 9.05 Å². The van der Waals surface area contributed by atoms with Gasteiger partial charge in [-0.2, -0.15) is 0 Å². The van der Waals surface area contributed by atoms with Crippen molar-refractivity contribution in [2.24, 2.45) is 11.8 Å². The van der Waals surface area contributed by atoms with Crippen LogP contribution in [0.1, 0.15) is 19.8 Å². The molecule has 1 aliphatic carbocycles. The van der Waals surface area contributed by atoms with Gasteiger partial charge in [-0.3, -0.25) is 0 Å². The first-order valence-electron chi connectivity index (χ1n) is 3.45. The Morgan fingerprint density at radius 1 is 1.50 bits per heavy atom. The van der Waals surface area contributed by atoms with E-state index in [1.807, 2.05) is 0 Å². The maximum absolute atomic E-state index is 10.5. The first-order valence-corrected chi connectivity index (χ1v) is 5.93. The number of hydrogen-bond acceptors (Lipinski definition) is 2. The van der Waals surface area contributed by atoms with Gasteiger partial charge >= 0.3 is 0 Å². The predicted octanol–water partition coefficient (Wildman–Crippen LogP) is 1.60. The van der Waals surface area contributed by atoms with Gasteiger partial charge in [0, 0.05) is 10.7 Å². The van der Waals surface area contributed by atoms with E-state index in [1.165, 1.54) is 0 Å². The molecule has 1 aliphatic rings. The fraction of sp³-hybridized carbons (Fsp3) is 1.00. The summed E-state index contributed by atoms with van der Waals surface area (Å²) < 4.78 is 21.0. The SMILES string of the molecule is CCC1CC1CS(=O)(=O)Cl. The van der Waals surface area contributed by atoms with E-state index in [2.05, 4.69) is 6.92 Å². The van der Waals surface area contributed by atoms with Crippen LogP contribution in [0.2, 0.25) is 0 Å². The van der Waals surface area contributed by atoms with Crippen LogP contribution in [0, 0.1) is 11.8 Å². The van der Waals surface area contributed by atoms with Crippen molar-refractivity contribution in [2.45, 2.75) is 19.8 Å². The fourth-order valence-electron chi connectivity index (χ4n) is 1.27. The number of rotatable bonds is 3. The second kappa shape index (κ2) is 2.70. The molecule has 0 bridgehead atoms. The van der Waals surface area contributed by atoms with Gasteiger partial charge in [0.1, 0.15) is 0 Å². The van der Waals surface area contributed by atoms with E-state index in [0.29, 0.717) is 11.8 Å². The lowest BCUT2D eigenvalue weighted by Crippen LogP contribution is -2.00. The van der Waals surface area contributed by atoms with Gasteiger partial charge in [-0.15, -0.1) is 0 Å². The molecular weight excluding hydrogens is 172 g/mol. The van der Waals surface area contributed by atoms with Crippen LogP contribution in [0.3, 0.4) is 0 Å². The van der Waals surface area contributed by atoms with Crippen LogP contribution in [-0.2, 0) is 9.05 Å². The molecule has 2 unspecified atom stereocenters. The van der Waals surface area contributed by atoms with Gasteiger partial charge in [0.2, 0.25) is 9.05 Å². The summed E-state index contributed by atoms with van der Waals surface area (Å²) >= 11 is 0. The predicted molar refractivity (Wildman–Crippen MR) is 41.5 cm³/mol. The molecule has 1 fully saturated rings. The Balaban J connectivity index is 2.31. The standard InChI is InChI=1S/C6H11ClO2S/c1-2-5-3-6(5)4-10(7,8)9/h5-6H,2-4H2,1H3. The second-order valence-corrected chi connectivity index (χ2v) is 5.69. The van der Waals surface area contributed by atoms with Gasteiger partial charge in [0.25, 0.3) is 0 Å². The zero-order valence-corrected chi connectivity index (χ0v) is 7.45. The van der Waals surface area contributed by atoms with Crippen molar-refractivity contribution in [1.29, 1.82) is 0 Å². The van der Waals surface area contributed by atoms with Crippen LogP contribution >= 0.6 is 10.7 Å².